The van der Waals surface area contributed by atoms with Gasteiger partial charge in [0.05, 0.1) is 17.6 Å². The van der Waals surface area contributed by atoms with Crippen molar-refractivity contribution in [3.63, 3.8) is 0 Å². The Morgan fingerprint density at radius 2 is 2.23 bits per heavy atom. The molecule has 0 bridgehead atoms. The lowest BCUT2D eigenvalue weighted by Gasteiger charge is -2.05. The highest BCUT2D eigenvalue weighted by Gasteiger charge is 2.02. The quantitative estimate of drug-likeness (QED) is 0.855. The van der Waals surface area contributed by atoms with Crippen LogP contribution >= 0.6 is 31.9 Å². The van der Waals surface area contributed by atoms with Gasteiger partial charge in [0.1, 0.15) is 0 Å². The van der Waals surface area contributed by atoms with Crippen molar-refractivity contribution in [1.29, 1.82) is 0 Å². The Hall–Kier alpha value is -0.170. The molecule has 0 unspecified atom stereocenters. The second kappa shape index (κ2) is 4.90. The van der Waals surface area contributed by atoms with E-state index in [1.165, 1.54) is 4.57 Å². The summed E-state index contributed by atoms with van der Waals surface area (Å²) in [7, 11) is 0. The Morgan fingerprint density at radius 3 is 2.85 bits per heavy atom. The minimum atomic E-state index is -0.0970. The number of hydrogen-bond acceptors (Lipinski definition) is 3. The predicted molar refractivity (Wildman–Crippen MR) is 56.2 cm³/mol. The van der Waals surface area contributed by atoms with Gasteiger partial charge >= 0.3 is 0 Å². The van der Waals surface area contributed by atoms with Gasteiger partial charge in [-0.15, -0.1) is 0 Å². The van der Waals surface area contributed by atoms with Crippen LogP contribution in [0, 0.1) is 0 Å². The average molecular weight is 312 g/mol. The van der Waals surface area contributed by atoms with Crippen LogP contribution in [-0.2, 0) is 11.4 Å². The van der Waals surface area contributed by atoms with Crippen LogP contribution in [0.2, 0.25) is 0 Å². The largest absolute Gasteiger partial charge is 0.311 e. The average Bonchev–Trinajstić information content (AvgIpc) is 2.09. The molecule has 0 radical (unpaired) electrons. The molecule has 1 aromatic heterocycles. The van der Waals surface area contributed by atoms with Crippen molar-refractivity contribution in [3.05, 3.63) is 31.6 Å². The van der Waals surface area contributed by atoms with Gasteiger partial charge in [-0.05, 0) is 37.9 Å². The fourth-order valence-corrected chi connectivity index (χ4v) is 2.14. The molecule has 1 rings (SSSR count). The molecule has 0 saturated carbocycles. The van der Waals surface area contributed by atoms with Crippen molar-refractivity contribution < 1.29 is 4.84 Å². The lowest BCUT2D eigenvalue weighted by Crippen LogP contribution is -2.23. The van der Waals surface area contributed by atoms with E-state index in [9.17, 15) is 4.79 Å². The smallest absolute Gasteiger partial charge is 0.264 e. The van der Waals surface area contributed by atoms with Gasteiger partial charge < -0.3 is 9.40 Å². The Balaban J connectivity index is 2.99. The monoisotopic (exact) mass is 310 g/mol. The number of rotatable bonds is 3. The minimum Gasteiger partial charge on any atom is -0.311 e. The van der Waals surface area contributed by atoms with E-state index in [4.69, 9.17) is 5.90 Å². The Bertz CT molecular complexity index is 351. The molecule has 0 spiro atoms. The minimum absolute atomic E-state index is 0.0970. The van der Waals surface area contributed by atoms with Gasteiger partial charge in [-0.1, -0.05) is 0 Å². The molecule has 13 heavy (non-hydrogen) atoms. The molecule has 1 aromatic rings. The van der Waals surface area contributed by atoms with Gasteiger partial charge in [0.15, 0.2) is 0 Å². The zero-order chi connectivity index (χ0) is 9.84. The van der Waals surface area contributed by atoms with E-state index < -0.39 is 0 Å². The van der Waals surface area contributed by atoms with Crippen LogP contribution in [0.1, 0.15) is 0 Å². The Labute approximate surface area is 91.9 Å². The summed E-state index contributed by atoms with van der Waals surface area (Å²) < 4.78 is 2.86. The van der Waals surface area contributed by atoms with Gasteiger partial charge in [0.25, 0.3) is 5.56 Å². The highest BCUT2D eigenvalue weighted by Crippen LogP contribution is 2.12. The molecule has 0 atom stereocenters. The summed E-state index contributed by atoms with van der Waals surface area (Å²) in [6, 6.07) is 1.70. The fraction of sp³-hybridized carbons (Fsp3) is 0.286. The van der Waals surface area contributed by atoms with Crippen molar-refractivity contribution in [3.8, 4) is 0 Å². The molecule has 0 aliphatic heterocycles. The van der Waals surface area contributed by atoms with E-state index >= 15 is 0 Å². The van der Waals surface area contributed by atoms with Crippen LogP contribution in [0.15, 0.2) is 26.0 Å². The van der Waals surface area contributed by atoms with Gasteiger partial charge in [0.2, 0.25) is 0 Å². The van der Waals surface area contributed by atoms with Crippen molar-refractivity contribution in [2.24, 2.45) is 5.90 Å². The summed E-state index contributed by atoms with van der Waals surface area (Å²) in [5.41, 5.74) is -0.0970. The molecule has 0 aliphatic carbocycles. The third-order valence-corrected chi connectivity index (χ3v) is 2.46. The van der Waals surface area contributed by atoms with Crippen LogP contribution in [0.4, 0.5) is 0 Å². The number of nitrogens with two attached hydrogens (primary N) is 1. The van der Waals surface area contributed by atoms with E-state index in [0.717, 1.165) is 4.47 Å². The van der Waals surface area contributed by atoms with Gasteiger partial charge in [0, 0.05) is 10.7 Å². The molecule has 2 N–H and O–H groups in total. The van der Waals surface area contributed by atoms with Crippen molar-refractivity contribution in [2.45, 2.75) is 6.54 Å². The molecular weight excluding hydrogens is 304 g/mol. The predicted octanol–water partition coefficient (Wildman–Crippen LogP) is 1.26. The first-order chi connectivity index (χ1) is 6.15. The highest BCUT2D eigenvalue weighted by atomic mass is 79.9. The third kappa shape index (κ3) is 2.91. The molecule has 72 valence electrons. The van der Waals surface area contributed by atoms with E-state index in [-0.39, 0.29) is 5.56 Å². The van der Waals surface area contributed by atoms with E-state index in [2.05, 4.69) is 36.7 Å². The number of halogens is 2. The summed E-state index contributed by atoms with van der Waals surface area (Å²) in [4.78, 5) is 15.8. The van der Waals surface area contributed by atoms with Crippen LogP contribution in [0.25, 0.3) is 0 Å². The summed E-state index contributed by atoms with van der Waals surface area (Å²) >= 11 is 6.43. The van der Waals surface area contributed by atoms with Gasteiger partial charge in [-0.3, -0.25) is 4.79 Å². The first-order valence-electron chi connectivity index (χ1n) is 3.52. The molecule has 6 heteroatoms. The SMILES string of the molecule is NOCCn1cc(Br)cc(Br)c1=O. The maximum atomic E-state index is 11.4. The Morgan fingerprint density at radius 1 is 1.54 bits per heavy atom. The Kier molecular flexibility index (Phi) is 4.11. The van der Waals surface area contributed by atoms with Gasteiger partial charge in [-0.25, -0.2) is 5.90 Å². The van der Waals surface area contributed by atoms with E-state index in [1.54, 1.807) is 12.3 Å². The van der Waals surface area contributed by atoms with Crippen LogP contribution < -0.4 is 11.5 Å². The normalized spacial score (nSPS) is 10.4. The van der Waals surface area contributed by atoms with Gasteiger partial charge in [-0.2, -0.15) is 0 Å². The molecule has 0 aliphatic rings. The first-order valence-corrected chi connectivity index (χ1v) is 5.11. The summed E-state index contributed by atoms with van der Waals surface area (Å²) in [5.74, 6) is 4.86. The standard InChI is InChI=1S/C7H8Br2N2O2/c8-5-3-6(9)7(12)11(4-5)1-2-13-10/h3-4H,1-2,10H2. The van der Waals surface area contributed by atoms with E-state index in [0.29, 0.717) is 17.6 Å². The molecule has 0 fully saturated rings. The third-order valence-electron chi connectivity index (χ3n) is 1.46. The second-order valence-electron chi connectivity index (χ2n) is 2.38. The number of nitrogens with zero attached hydrogens (tertiary/aromatic N) is 1. The molecule has 1 heterocycles. The van der Waals surface area contributed by atoms with E-state index in [1.807, 2.05) is 0 Å². The van der Waals surface area contributed by atoms with Crippen LogP contribution in [0.5, 0.6) is 0 Å². The fourth-order valence-electron chi connectivity index (χ4n) is 0.882. The molecule has 0 amide bonds. The topological polar surface area (TPSA) is 57.2 Å². The van der Waals surface area contributed by atoms with Crippen molar-refractivity contribution in [2.75, 3.05) is 6.61 Å². The number of aromatic nitrogens is 1. The molecule has 0 saturated heterocycles. The number of pyridine rings is 1. The van der Waals surface area contributed by atoms with Crippen LogP contribution in [0.3, 0.4) is 0 Å². The molecule has 0 aromatic carbocycles. The second-order valence-corrected chi connectivity index (χ2v) is 4.15. The lowest BCUT2D eigenvalue weighted by molar-refractivity contribution is 0.128. The van der Waals surface area contributed by atoms with Crippen LogP contribution in [-0.4, -0.2) is 11.2 Å². The highest BCUT2D eigenvalue weighted by molar-refractivity contribution is 9.11. The zero-order valence-corrected chi connectivity index (χ0v) is 9.84. The summed E-state index contributed by atoms with van der Waals surface area (Å²) in [6.07, 6.45) is 1.69. The number of hydrogen-bond donors (Lipinski definition) is 1. The lowest BCUT2D eigenvalue weighted by atomic mass is 10.4. The molecular formula is C7H8Br2N2O2. The maximum Gasteiger partial charge on any atom is 0.264 e. The zero-order valence-electron chi connectivity index (χ0n) is 6.67. The van der Waals surface area contributed by atoms with Crippen molar-refractivity contribution in [1.82, 2.24) is 4.57 Å². The summed E-state index contributed by atoms with van der Waals surface area (Å²) in [5, 5.41) is 0. The first kappa shape index (κ1) is 10.9. The van der Waals surface area contributed by atoms with Crippen molar-refractivity contribution >= 4 is 31.9 Å². The molecule has 4 nitrogen and oxygen atoms in total. The summed E-state index contributed by atoms with van der Waals surface area (Å²) in [6.45, 7) is 0.746. The maximum absolute atomic E-state index is 11.4.